The Bertz CT molecular complexity index is 642. The van der Waals surface area contributed by atoms with Gasteiger partial charge in [-0.15, -0.1) is 0 Å². The molecule has 0 aromatic heterocycles. The fraction of sp³-hybridized carbons (Fsp3) is 0.739. The van der Waals surface area contributed by atoms with Gasteiger partial charge >= 0.3 is 0 Å². The van der Waals surface area contributed by atoms with E-state index in [1.165, 1.54) is 76.9 Å². The molecule has 5 heteroatoms. The van der Waals surface area contributed by atoms with E-state index in [1.54, 1.807) is 0 Å². The highest BCUT2D eigenvalue weighted by Crippen LogP contribution is 2.36. The van der Waals surface area contributed by atoms with Crippen LogP contribution in [0.3, 0.4) is 0 Å². The van der Waals surface area contributed by atoms with Crippen LogP contribution in [0.15, 0.2) is 18.2 Å². The number of piperazine rings is 1. The molecule has 2 heterocycles. The lowest BCUT2D eigenvalue weighted by Crippen LogP contribution is -2.60. The van der Waals surface area contributed by atoms with E-state index in [2.05, 4.69) is 52.2 Å². The number of nitrogens with zero attached hydrogens (tertiary/aromatic N) is 3. The van der Waals surface area contributed by atoms with Gasteiger partial charge in [0.2, 0.25) is 0 Å². The molecule has 1 aromatic carbocycles. The summed E-state index contributed by atoms with van der Waals surface area (Å²) in [6.45, 7) is 10.4. The number of aryl methyl sites for hydroxylation is 1. The predicted octanol–water partition coefficient (Wildman–Crippen LogP) is 3.77. The Morgan fingerprint density at radius 2 is 1.71 bits per heavy atom. The van der Waals surface area contributed by atoms with Crippen LogP contribution in [0.25, 0.3) is 0 Å². The van der Waals surface area contributed by atoms with Crippen molar-refractivity contribution < 1.29 is 0 Å². The average Bonchev–Trinajstić information content (AvgIpc) is 3.20. The maximum absolute atomic E-state index is 6.34. The summed E-state index contributed by atoms with van der Waals surface area (Å²) < 4.78 is 0. The summed E-state index contributed by atoms with van der Waals surface area (Å²) in [5, 5.41) is 4.88. The monoisotopic (exact) mass is 404 g/mol. The van der Waals surface area contributed by atoms with Gasteiger partial charge in [-0.25, -0.2) is 0 Å². The first-order chi connectivity index (χ1) is 13.6. The van der Waals surface area contributed by atoms with Gasteiger partial charge in [0, 0.05) is 68.1 Å². The van der Waals surface area contributed by atoms with Gasteiger partial charge in [-0.2, -0.15) is 0 Å². The molecule has 1 aromatic rings. The van der Waals surface area contributed by atoms with Gasteiger partial charge in [0.25, 0.3) is 0 Å². The Labute approximate surface area is 176 Å². The Balaban J connectivity index is 1.30. The fourth-order valence-corrected chi connectivity index (χ4v) is 5.55. The molecule has 0 amide bonds. The lowest BCUT2D eigenvalue weighted by Gasteiger charge is -2.46. The number of halogens is 1. The molecule has 4 rings (SSSR count). The SMILES string of the molecule is Cc1ccc(N2CCC(NCC3(N4CCN(C)CC4)CCCC3)CC2)cc1Cl. The number of benzene rings is 1. The highest BCUT2D eigenvalue weighted by atomic mass is 35.5. The maximum Gasteiger partial charge on any atom is 0.0455 e. The molecule has 1 N–H and O–H groups in total. The summed E-state index contributed by atoms with van der Waals surface area (Å²) >= 11 is 6.34. The van der Waals surface area contributed by atoms with Crippen LogP contribution >= 0.6 is 11.6 Å². The summed E-state index contributed by atoms with van der Waals surface area (Å²) in [4.78, 5) is 7.78. The van der Waals surface area contributed by atoms with Crippen LogP contribution in [0, 0.1) is 6.92 Å². The van der Waals surface area contributed by atoms with Crippen molar-refractivity contribution in [3.63, 3.8) is 0 Å². The zero-order chi connectivity index (χ0) is 19.6. The van der Waals surface area contributed by atoms with Gasteiger partial charge in [-0.3, -0.25) is 4.90 Å². The third-order valence-electron chi connectivity index (χ3n) is 7.44. The molecule has 28 heavy (non-hydrogen) atoms. The molecule has 2 aliphatic heterocycles. The number of anilines is 1. The molecule has 0 bridgehead atoms. The minimum Gasteiger partial charge on any atom is -0.371 e. The highest BCUT2D eigenvalue weighted by molar-refractivity contribution is 6.31. The van der Waals surface area contributed by atoms with Crippen molar-refractivity contribution in [2.75, 3.05) is 57.8 Å². The van der Waals surface area contributed by atoms with E-state index in [0.717, 1.165) is 23.7 Å². The second-order valence-corrected chi connectivity index (χ2v) is 9.70. The Hall–Kier alpha value is -0.810. The van der Waals surface area contributed by atoms with Crippen molar-refractivity contribution in [3.8, 4) is 0 Å². The second kappa shape index (κ2) is 8.91. The van der Waals surface area contributed by atoms with Gasteiger partial charge in [-0.05, 0) is 57.4 Å². The van der Waals surface area contributed by atoms with Crippen LogP contribution in [0.1, 0.15) is 44.1 Å². The summed E-state index contributed by atoms with van der Waals surface area (Å²) in [6.07, 6.45) is 8.02. The smallest absolute Gasteiger partial charge is 0.0455 e. The Morgan fingerprint density at radius 3 is 2.36 bits per heavy atom. The lowest BCUT2D eigenvalue weighted by atomic mass is 9.92. The van der Waals surface area contributed by atoms with Gasteiger partial charge in [0.1, 0.15) is 0 Å². The van der Waals surface area contributed by atoms with Crippen molar-refractivity contribution in [3.05, 3.63) is 28.8 Å². The minimum atomic E-state index is 0.420. The van der Waals surface area contributed by atoms with E-state index in [-0.39, 0.29) is 0 Å². The number of hydrogen-bond donors (Lipinski definition) is 1. The highest BCUT2D eigenvalue weighted by Gasteiger charge is 2.40. The molecule has 4 nitrogen and oxygen atoms in total. The largest absolute Gasteiger partial charge is 0.371 e. The van der Waals surface area contributed by atoms with Crippen LogP contribution in [-0.2, 0) is 0 Å². The lowest BCUT2D eigenvalue weighted by molar-refractivity contribution is 0.0404. The van der Waals surface area contributed by atoms with Crippen LogP contribution < -0.4 is 10.2 Å². The number of hydrogen-bond acceptors (Lipinski definition) is 4. The van der Waals surface area contributed by atoms with Crippen molar-refractivity contribution in [1.82, 2.24) is 15.1 Å². The zero-order valence-electron chi connectivity index (χ0n) is 17.7. The van der Waals surface area contributed by atoms with E-state index < -0.39 is 0 Å². The number of likely N-dealkylation sites (N-methyl/N-ethyl adjacent to an activating group) is 1. The van der Waals surface area contributed by atoms with Gasteiger partial charge < -0.3 is 15.1 Å². The summed E-state index contributed by atoms with van der Waals surface area (Å²) in [7, 11) is 2.26. The molecule has 1 aliphatic carbocycles. The van der Waals surface area contributed by atoms with Crippen LogP contribution in [0.2, 0.25) is 5.02 Å². The van der Waals surface area contributed by atoms with E-state index in [9.17, 15) is 0 Å². The molecule has 0 unspecified atom stereocenters. The second-order valence-electron chi connectivity index (χ2n) is 9.30. The zero-order valence-corrected chi connectivity index (χ0v) is 18.5. The molecule has 1 saturated carbocycles. The van der Waals surface area contributed by atoms with E-state index >= 15 is 0 Å². The van der Waals surface area contributed by atoms with E-state index in [1.807, 2.05) is 0 Å². The molecule has 0 spiro atoms. The van der Waals surface area contributed by atoms with Crippen LogP contribution in [0.5, 0.6) is 0 Å². The van der Waals surface area contributed by atoms with E-state index in [4.69, 9.17) is 11.6 Å². The number of rotatable bonds is 5. The first-order valence-corrected chi connectivity index (χ1v) is 11.6. The standard InChI is InChI=1S/C23H37ClN4/c1-19-5-6-21(17-22(19)24)27-11-7-20(8-12-27)25-18-23(9-3-4-10-23)28-15-13-26(2)14-16-28/h5-6,17,20,25H,3-4,7-16,18H2,1-2H3. The first kappa shape index (κ1) is 20.5. The Morgan fingerprint density at radius 1 is 1.04 bits per heavy atom. The number of piperidine rings is 1. The molecule has 156 valence electrons. The van der Waals surface area contributed by atoms with Gasteiger partial charge in [-0.1, -0.05) is 30.5 Å². The van der Waals surface area contributed by atoms with Crippen molar-refractivity contribution >= 4 is 17.3 Å². The molecule has 0 radical (unpaired) electrons. The molecule has 0 atom stereocenters. The third-order valence-corrected chi connectivity index (χ3v) is 7.85. The molecular weight excluding hydrogens is 368 g/mol. The van der Waals surface area contributed by atoms with Crippen LogP contribution in [0.4, 0.5) is 5.69 Å². The van der Waals surface area contributed by atoms with Gasteiger partial charge in [0.15, 0.2) is 0 Å². The molecule has 2 saturated heterocycles. The predicted molar refractivity (Wildman–Crippen MR) is 120 cm³/mol. The number of nitrogens with one attached hydrogen (secondary N) is 1. The van der Waals surface area contributed by atoms with E-state index in [0.29, 0.717) is 11.6 Å². The Kier molecular flexibility index (Phi) is 6.51. The quantitative estimate of drug-likeness (QED) is 0.806. The average molecular weight is 405 g/mol. The fourth-order valence-electron chi connectivity index (χ4n) is 5.37. The third kappa shape index (κ3) is 4.51. The maximum atomic E-state index is 6.34. The molecule has 3 fully saturated rings. The molecule has 3 aliphatic rings. The topological polar surface area (TPSA) is 21.8 Å². The first-order valence-electron chi connectivity index (χ1n) is 11.2. The minimum absolute atomic E-state index is 0.420. The summed E-state index contributed by atoms with van der Waals surface area (Å²) in [5.74, 6) is 0. The summed E-state index contributed by atoms with van der Waals surface area (Å²) in [6, 6.07) is 7.14. The molecular formula is C23H37ClN4. The van der Waals surface area contributed by atoms with Crippen molar-refractivity contribution in [2.45, 2.75) is 57.0 Å². The normalized spacial score (nSPS) is 24.8. The van der Waals surface area contributed by atoms with Crippen molar-refractivity contribution in [1.29, 1.82) is 0 Å². The summed E-state index contributed by atoms with van der Waals surface area (Å²) in [5.41, 5.74) is 2.86. The van der Waals surface area contributed by atoms with Crippen LogP contribution in [-0.4, -0.2) is 74.2 Å². The van der Waals surface area contributed by atoms with Crippen molar-refractivity contribution in [2.24, 2.45) is 0 Å². The van der Waals surface area contributed by atoms with Gasteiger partial charge in [0.05, 0.1) is 0 Å².